The molecule has 0 saturated carbocycles. The third-order valence-corrected chi connectivity index (χ3v) is 6.92. The Bertz CT molecular complexity index is 1530. The Morgan fingerprint density at radius 2 is 1.21 bits per heavy atom. The van der Waals surface area contributed by atoms with E-state index in [9.17, 15) is 5.26 Å². The SMILES string of the molecule is [C-]#[N+]c1cc[c-]c(-c2cc(CC(C)(C)C)cc(C(C)(C)c3cc(CC(C)(C)C)cc(-c4[c-]ccc(C#N)c4)n3)n2)c1.[Pt+2]. The second-order valence-electron chi connectivity index (χ2n) is 13.8. The number of hydrogen-bond donors (Lipinski definition) is 0. The molecule has 0 N–H and O–H groups in total. The van der Waals surface area contributed by atoms with Crippen molar-refractivity contribution < 1.29 is 21.1 Å². The first kappa shape index (κ1) is 32.9. The van der Waals surface area contributed by atoms with E-state index in [4.69, 9.17) is 16.5 Å². The molecule has 0 fully saturated rings. The van der Waals surface area contributed by atoms with E-state index in [1.165, 1.54) is 11.1 Å². The van der Waals surface area contributed by atoms with Crippen molar-refractivity contribution in [2.45, 2.75) is 73.6 Å². The number of rotatable bonds is 6. The van der Waals surface area contributed by atoms with Crippen LogP contribution in [0.25, 0.3) is 27.4 Å². The molecule has 0 aliphatic heterocycles. The zero-order valence-electron chi connectivity index (χ0n) is 25.8. The van der Waals surface area contributed by atoms with Gasteiger partial charge in [-0.2, -0.15) is 11.3 Å². The van der Waals surface area contributed by atoms with E-state index >= 15 is 0 Å². The number of benzene rings is 2. The van der Waals surface area contributed by atoms with E-state index in [2.05, 4.69) is 103 Å². The van der Waals surface area contributed by atoms with Gasteiger partial charge in [-0.25, -0.2) is 0 Å². The third kappa shape index (κ3) is 8.24. The van der Waals surface area contributed by atoms with E-state index in [-0.39, 0.29) is 31.9 Å². The Morgan fingerprint density at radius 1 is 0.738 bits per heavy atom. The average Bonchev–Trinajstić information content (AvgIpc) is 2.91. The molecule has 0 unspecified atom stereocenters. The van der Waals surface area contributed by atoms with Crippen LogP contribution in [-0.2, 0) is 39.3 Å². The number of pyridine rings is 2. The molecule has 4 rings (SSSR count). The van der Waals surface area contributed by atoms with Crippen molar-refractivity contribution in [3.63, 3.8) is 0 Å². The first-order chi connectivity index (χ1) is 19.2. The largest absolute Gasteiger partial charge is 2.00 e. The van der Waals surface area contributed by atoms with Crippen LogP contribution in [0, 0.1) is 40.9 Å². The van der Waals surface area contributed by atoms with Crippen LogP contribution < -0.4 is 0 Å². The monoisotopic (exact) mass is 733 g/mol. The topological polar surface area (TPSA) is 53.9 Å². The summed E-state index contributed by atoms with van der Waals surface area (Å²) < 4.78 is 0. The Labute approximate surface area is 266 Å². The fourth-order valence-corrected chi connectivity index (χ4v) is 5.01. The van der Waals surface area contributed by atoms with Gasteiger partial charge < -0.3 is 9.97 Å². The van der Waals surface area contributed by atoms with Gasteiger partial charge in [0.2, 0.25) is 0 Å². The summed E-state index contributed by atoms with van der Waals surface area (Å²) in [5.74, 6) is 0. The first-order valence-electron chi connectivity index (χ1n) is 14.0. The Morgan fingerprint density at radius 3 is 1.67 bits per heavy atom. The van der Waals surface area contributed by atoms with Crippen molar-refractivity contribution >= 4 is 5.69 Å². The van der Waals surface area contributed by atoms with Crippen LogP contribution in [0.1, 0.15) is 83.5 Å². The van der Waals surface area contributed by atoms with Crippen LogP contribution in [0.3, 0.4) is 0 Å². The second kappa shape index (κ2) is 12.7. The van der Waals surface area contributed by atoms with Gasteiger partial charge in [-0.05, 0) is 66.6 Å². The maximum absolute atomic E-state index is 9.50. The predicted molar refractivity (Wildman–Crippen MR) is 166 cm³/mol. The zero-order chi connectivity index (χ0) is 30.0. The van der Waals surface area contributed by atoms with E-state index in [0.29, 0.717) is 11.3 Å². The molecule has 216 valence electrons. The molecule has 42 heavy (non-hydrogen) atoms. The van der Waals surface area contributed by atoms with Gasteiger partial charge >= 0.3 is 21.1 Å². The summed E-state index contributed by atoms with van der Waals surface area (Å²) in [6, 6.07) is 28.3. The van der Waals surface area contributed by atoms with Gasteiger partial charge in [0, 0.05) is 16.8 Å². The van der Waals surface area contributed by atoms with E-state index in [0.717, 1.165) is 46.7 Å². The Balaban J connectivity index is 0.00000484. The zero-order valence-corrected chi connectivity index (χ0v) is 28.1. The molecule has 0 spiro atoms. The smallest absolute Gasteiger partial charge is 0.300 e. The van der Waals surface area contributed by atoms with Gasteiger partial charge in [0.05, 0.1) is 12.6 Å². The fourth-order valence-electron chi connectivity index (χ4n) is 5.01. The summed E-state index contributed by atoms with van der Waals surface area (Å²) in [6.07, 6.45) is 1.76. The molecule has 0 radical (unpaired) electrons. The minimum atomic E-state index is -0.532. The minimum Gasteiger partial charge on any atom is -0.300 e. The molecule has 2 heterocycles. The van der Waals surface area contributed by atoms with Gasteiger partial charge in [-0.15, -0.1) is 53.6 Å². The maximum Gasteiger partial charge on any atom is 2.00 e. The van der Waals surface area contributed by atoms with Crippen molar-refractivity contribution in [2.75, 3.05) is 0 Å². The molecule has 4 nitrogen and oxygen atoms in total. The summed E-state index contributed by atoms with van der Waals surface area (Å²) in [5.41, 5.74) is 8.21. The number of aromatic nitrogens is 2. The summed E-state index contributed by atoms with van der Waals surface area (Å²) >= 11 is 0. The molecule has 4 aromatic rings. The predicted octanol–water partition coefficient (Wildman–Crippen LogP) is 9.33. The van der Waals surface area contributed by atoms with Crippen LogP contribution in [0.4, 0.5) is 5.69 Å². The Hall–Kier alpha value is -3.59. The molecule has 0 aliphatic rings. The van der Waals surface area contributed by atoms with Crippen molar-refractivity contribution in [2.24, 2.45) is 10.8 Å². The summed E-state index contributed by atoms with van der Waals surface area (Å²) in [7, 11) is 0. The van der Waals surface area contributed by atoms with Crippen molar-refractivity contribution in [1.82, 2.24) is 9.97 Å². The fraction of sp³-hybridized carbons (Fsp3) is 0.351. The van der Waals surface area contributed by atoms with Gasteiger partial charge in [0.25, 0.3) is 0 Å². The summed E-state index contributed by atoms with van der Waals surface area (Å²) in [4.78, 5) is 13.9. The van der Waals surface area contributed by atoms with Crippen LogP contribution in [0.5, 0.6) is 0 Å². The normalized spacial score (nSPS) is 11.8. The molecule has 5 heteroatoms. The van der Waals surface area contributed by atoms with Crippen LogP contribution >= 0.6 is 0 Å². The molecular weight excluding hydrogens is 696 g/mol. The second-order valence-corrected chi connectivity index (χ2v) is 13.8. The van der Waals surface area contributed by atoms with E-state index in [1.54, 1.807) is 24.3 Å². The Kier molecular flexibility index (Phi) is 9.98. The maximum atomic E-state index is 9.50. The van der Waals surface area contributed by atoms with E-state index in [1.807, 2.05) is 12.1 Å². The number of hydrogen-bond acceptors (Lipinski definition) is 3. The third-order valence-electron chi connectivity index (χ3n) is 6.92. The standard InChI is InChI=1S/C37H38N4.Pt/c1-35(2,3)22-26-17-31(28-13-10-12-25(16-28)24-38)40-33(19-26)37(7,8)34-20-27(23-36(4,5)6)18-32(41-34)29-14-11-15-30(21-29)39-9;/h10-12,15-21H,22-23H2,1-8H3;/q-2;+2. The average molecular weight is 734 g/mol. The van der Waals surface area contributed by atoms with Gasteiger partial charge in [0.15, 0.2) is 0 Å². The number of nitriles is 1. The van der Waals surface area contributed by atoms with Crippen molar-refractivity contribution in [1.29, 1.82) is 5.26 Å². The molecule has 0 atom stereocenters. The molecule has 0 bridgehead atoms. The van der Waals surface area contributed by atoms with Gasteiger partial charge in [-0.3, -0.25) is 4.85 Å². The van der Waals surface area contributed by atoms with Crippen molar-refractivity contribution in [3.05, 3.63) is 112 Å². The number of nitrogens with zero attached hydrogens (tertiary/aromatic N) is 4. The quantitative estimate of drug-likeness (QED) is 0.186. The minimum absolute atomic E-state index is 0. The van der Waals surface area contributed by atoms with Gasteiger partial charge in [0.1, 0.15) is 5.69 Å². The van der Waals surface area contributed by atoms with Crippen LogP contribution in [0.2, 0.25) is 0 Å². The summed E-state index contributed by atoms with van der Waals surface area (Å²) in [6.45, 7) is 25.2. The molecule has 2 aromatic carbocycles. The van der Waals surface area contributed by atoms with Crippen LogP contribution in [0.15, 0.2) is 60.7 Å². The first-order valence-corrected chi connectivity index (χ1v) is 14.0. The summed E-state index contributed by atoms with van der Waals surface area (Å²) in [5, 5.41) is 9.50. The van der Waals surface area contributed by atoms with Gasteiger partial charge in [-0.1, -0.05) is 64.8 Å². The van der Waals surface area contributed by atoms with E-state index < -0.39 is 5.41 Å². The molecule has 0 aliphatic carbocycles. The molecule has 2 aromatic heterocycles. The van der Waals surface area contributed by atoms with Crippen molar-refractivity contribution in [3.8, 4) is 28.6 Å². The molecule has 0 saturated heterocycles. The van der Waals surface area contributed by atoms with Crippen LogP contribution in [-0.4, -0.2) is 9.97 Å². The molecular formula is C37H38N4Pt. The molecule has 0 amide bonds.